The molecule has 2 N–H and O–H groups in total. The standard InChI is InChI=1S/C16H25BrN2O2/c1-5-14(11-19-15(20)21-16(2,3)4)18-10-12-6-8-13(17)9-7-12/h6-9,14,18H,5,10-11H2,1-4H3,(H,19,20). The van der Waals surface area contributed by atoms with Crippen molar-refractivity contribution in [3.05, 3.63) is 34.3 Å². The highest BCUT2D eigenvalue weighted by Crippen LogP contribution is 2.10. The Bertz CT molecular complexity index is 441. The van der Waals surface area contributed by atoms with Gasteiger partial charge in [0.25, 0.3) is 0 Å². The molecule has 1 rings (SSSR count). The predicted molar refractivity (Wildman–Crippen MR) is 89.3 cm³/mol. The third kappa shape index (κ3) is 8.07. The molecule has 0 spiro atoms. The summed E-state index contributed by atoms with van der Waals surface area (Å²) in [5.74, 6) is 0. The zero-order valence-corrected chi connectivity index (χ0v) is 14.8. The van der Waals surface area contributed by atoms with Crippen molar-refractivity contribution in [1.82, 2.24) is 10.6 Å². The van der Waals surface area contributed by atoms with Gasteiger partial charge in [-0.15, -0.1) is 0 Å². The molecule has 0 saturated carbocycles. The lowest BCUT2D eigenvalue weighted by molar-refractivity contribution is 0.0522. The zero-order valence-electron chi connectivity index (χ0n) is 13.2. The zero-order chi connectivity index (χ0) is 15.9. The van der Waals surface area contributed by atoms with Crippen LogP contribution in [-0.4, -0.2) is 24.3 Å². The van der Waals surface area contributed by atoms with Gasteiger partial charge in [-0.1, -0.05) is 35.0 Å². The molecule has 0 fully saturated rings. The molecule has 118 valence electrons. The summed E-state index contributed by atoms with van der Waals surface area (Å²) in [6, 6.07) is 8.42. The molecule has 1 aromatic rings. The first-order valence-corrected chi connectivity index (χ1v) is 8.04. The van der Waals surface area contributed by atoms with Crippen LogP contribution >= 0.6 is 15.9 Å². The van der Waals surface area contributed by atoms with Crippen molar-refractivity contribution in [3.8, 4) is 0 Å². The van der Waals surface area contributed by atoms with Gasteiger partial charge in [-0.25, -0.2) is 4.79 Å². The van der Waals surface area contributed by atoms with Gasteiger partial charge in [0.15, 0.2) is 0 Å². The van der Waals surface area contributed by atoms with Crippen LogP contribution in [0.5, 0.6) is 0 Å². The number of rotatable bonds is 6. The average Bonchev–Trinajstić information content (AvgIpc) is 2.39. The highest BCUT2D eigenvalue weighted by atomic mass is 79.9. The Kier molecular flexibility index (Phi) is 7.18. The fourth-order valence-corrected chi connectivity index (χ4v) is 2.01. The maximum Gasteiger partial charge on any atom is 0.407 e. The lowest BCUT2D eigenvalue weighted by atomic mass is 10.2. The van der Waals surface area contributed by atoms with E-state index in [0.717, 1.165) is 17.4 Å². The summed E-state index contributed by atoms with van der Waals surface area (Å²) < 4.78 is 6.30. The van der Waals surface area contributed by atoms with E-state index in [1.165, 1.54) is 5.56 Å². The molecule has 0 aromatic heterocycles. The molecule has 1 unspecified atom stereocenters. The molecule has 0 heterocycles. The molecule has 4 nitrogen and oxygen atoms in total. The van der Waals surface area contributed by atoms with Crippen LogP contribution in [0.25, 0.3) is 0 Å². The topological polar surface area (TPSA) is 50.4 Å². The van der Waals surface area contributed by atoms with Gasteiger partial charge in [-0.3, -0.25) is 0 Å². The Labute approximate surface area is 135 Å². The van der Waals surface area contributed by atoms with E-state index in [0.29, 0.717) is 6.54 Å². The van der Waals surface area contributed by atoms with E-state index in [1.807, 2.05) is 32.9 Å². The number of halogens is 1. The fourth-order valence-electron chi connectivity index (χ4n) is 1.75. The third-order valence-electron chi connectivity index (χ3n) is 2.89. The van der Waals surface area contributed by atoms with Crippen LogP contribution in [0, 0.1) is 0 Å². The summed E-state index contributed by atoms with van der Waals surface area (Å²) in [4.78, 5) is 11.6. The number of alkyl carbamates (subject to hydrolysis) is 1. The van der Waals surface area contributed by atoms with Gasteiger partial charge >= 0.3 is 6.09 Å². The summed E-state index contributed by atoms with van der Waals surface area (Å²) in [6.07, 6.45) is 0.568. The van der Waals surface area contributed by atoms with Crippen LogP contribution in [0.2, 0.25) is 0 Å². The molecule has 0 aliphatic carbocycles. The Morgan fingerprint density at radius 2 is 1.90 bits per heavy atom. The lowest BCUT2D eigenvalue weighted by Crippen LogP contribution is -2.42. The maximum atomic E-state index is 11.6. The molecule has 21 heavy (non-hydrogen) atoms. The van der Waals surface area contributed by atoms with Crippen LogP contribution in [0.3, 0.4) is 0 Å². The van der Waals surface area contributed by atoms with Crippen LogP contribution in [0.4, 0.5) is 4.79 Å². The summed E-state index contributed by atoms with van der Waals surface area (Å²) in [5.41, 5.74) is 0.755. The van der Waals surface area contributed by atoms with E-state index in [9.17, 15) is 4.79 Å². The van der Waals surface area contributed by atoms with Crippen LogP contribution < -0.4 is 10.6 Å². The number of amides is 1. The van der Waals surface area contributed by atoms with E-state index >= 15 is 0 Å². The summed E-state index contributed by atoms with van der Waals surface area (Å²) in [7, 11) is 0. The minimum absolute atomic E-state index is 0.223. The van der Waals surface area contributed by atoms with Crippen molar-refractivity contribution in [1.29, 1.82) is 0 Å². The molecular weight excluding hydrogens is 332 g/mol. The van der Waals surface area contributed by atoms with E-state index in [-0.39, 0.29) is 12.1 Å². The largest absolute Gasteiger partial charge is 0.444 e. The van der Waals surface area contributed by atoms with E-state index in [4.69, 9.17) is 4.74 Å². The molecule has 1 atom stereocenters. The molecule has 0 radical (unpaired) electrons. The highest BCUT2D eigenvalue weighted by molar-refractivity contribution is 9.10. The Morgan fingerprint density at radius 1 is 1.29 bits per heavy atom. The van der Waals surface area contributed by atoms with Gasteiger partial charge in [0.1, 0.15) is 5.60 Å². The number of ether oxygens (including phenoxy) is 1. The van der Waals surface area contributed by atoms with Gasteiger partial charge in [0, 0.05) is 23.6 Å². The summed E-state index contributed by atoms with van der Waals surface area (Å²) in [5, 5.41) is 6.24. The molecule has 0 saturated heterocycles. The molecule has 1 aromatic carbocycles. The van der Waals surface area contributed by atoms with E-state index in [1.54, 1.807) is 0 Å². The Hall–Kier alpha value is -1.07. The van der Waals surface area contributed by atoms with Gasteiger partial charge in [-0.05, 0) is 44.9 Å². The molecular formula is C16H25BrN2O2. The molecule has 1 amide bonds. The second-order valence-electron chi connectivity index (χ2n) is 6.00. The molecule has 0 aliphatic heterocycles. The fraction of sp³-hybridized carbons (Fsp3) is 0.562. The summed E-state index contributed by atoms with van der Waals surface area (Å²) in [6.45, 7) is 9.00. The normalized spacial score (nSPS) is 12.8. The second-order valence-corrected chi connectivity index (χ2v) is 6.91. The molecule has 0 aliphatic rings. The van der Waals surface area contributed by atoms with Crippen molar-refractivity contribution >= 4 is 22.0 Å². The van der Waals surface area contributed by atoms with E-state index < -0.39 is 5.60 Å². The second kappa shape index (κ2) is 8.39. The van der Waals surface area contributed by atoms with Crippen molar-refractivity contribution < 1.29 is 9.53 Å². The van der Waals surface area contributed by atoms with Crippen LogP contribution in [-0.2, 0) is 11.3 Å². The number of carbonyl (C=O) groups is 1. The van der Waals surface area contributed by atoms with Crippen LogP contribution in [0.15, 0.2) is 28.7 Å². The first kappa shape index (κ1) is 18.0. The van der Waals surface area contributed by atoms with E-state index in [2.05, 4.69) is 45.6 Å². The average molecular weight is 357 g/mol. The first-order chi connectivity index (χ1) is 9.80. The third-order valence-corrected chi connectivity index (χ3v) is 3.42. The molecule has 0 bridgehead atoms. The first-order valence-electron chi connectivity index (χ1n) is 7.25. The SMILES string of the molecule is CCC(CNC(=O)OC(C)(C)C)NCc1ccc(Br)cc1. The predicted octanol–water partition coefficient (Wildman–Crippen LogP) is 3.84. The van der Waals surface area contributed by atoms with Gasteiger partial charge in [0.05, 0.1) is 0 Å². The lowest BCUT2D eigenvalue weighted by Gasteiger charge is -2.22. The number of benzene rings is 1. The quantitative estimate of drug-likeness (QED) is 0.813. The Balaban J connectivity index is 2.34. The van der Waals surface area contributed by atoms with Crippen molar-refractivity contribution in [2.24, 2.45) is 0 Å². The number of carbonyl (C=O) groups excluding carboxylic acids is 1. The number of hydrogen-bond acceptors (Lipinski definition) is 3. The van der Waals surface area contributed by atoms with Gasteiger partial charge in [-0.2, -0.15) is 0 Å². The maximum absolute atomic E-state index is 11.6. The van der Waals surface area contributed by atoms with Gasteiger partial charge in [0.2, 0.25) is 0 Å². The minimum atomic E-state index is -0.462. The molecule has 5 heteroatoms. The summed E-state index contributed by atoms with van der Waals surface area (Å²) >= 11 is 3.42. The highest BCUT2D eigenvalue weighted by Gasteiger charge is 2.16. The number of nitrogens with one attached hydrogen (secondary N) is 2. The smallest absolute Gasteiger partial charge is 0.407 e. The number of hydrogen-bond donors (Lipinski definition) is 2. The van der Waals surface area contributed by atoms with Crippen LogP contribution in [0.1, 0.15) is 39.7 Å². The van der Waals surface area contributed by atoms with Gasteiger partial charge < -0.3 is 15.4 Å². The Morgan fingerprint density at radius 3 is 2.43 bits per heavy atom. The van der Waals surface area contributed by atoms with Crippen molar-refractivity contribution in [2.75, 3.05) is 6.54 Å². The minimum Gasteiger partial charge on any atom is -0.444 e. The van der Waals surface area contributed by atoms with Crippen molar-refractivity contribution in [3.63, 3.8) is 0 Å². The van der Waals surface area contributed by atoms with Crippen molar-refractivity contribution in [2.45, 2.75) is 52.3 Å². The monoisotopic (exact) mass is 356 g/mol.